The van der Waals surface area contributed by atoms with Gasteiger partial charge in [-0.15, -0.1) is 11.3 Å². The van der Waals surface area contributed by atoms with E-state index in [9.17, 15) is 0 Å². The van der Waals surface area contributed by atoms with Gasteiger partial charge in [0.1, 0.15) is 16.5 Å². The first-order valence-electron chi connectivity index (χ1n) is 11.8. The topological polar surface area (TPSA) is 53.5 Å². The molecule has 0 bridgehead atoms. The number of rotatable bonds is 5. The smallest absolute Gasteiger partial charge is 0.146 e. The second-order valence-corrected chi connectivity index (χ2v) is 10.4. The fraction of sp³-hybridized carbons (Fsp3) is 0.739. The van der Waals surface area contributed by atoms with Gasteiger partial charge in [0.2, 0.25) is 0 Å². The summed E-state index contributed by atoms with van der Waals surface area (Å²) in [5, 5.41) is 5.13. The number of fused-ring (bicyclic) bond motifs is 3. The zero-order valence-electron chi connectivity index (χ0n) is 18.5. The first-order chi connectivity index (χ1) is 14.7. The van der Waals surface area contributed by atoms with Crippen LogP contribution in [0.5, 0.6) is 0 Å². The second kappa shape index (κ2) is 9.07. The minimum Gasteiger partial charge on any atom is -0.379 e. The molecular formula is C23H35N5OS. The molecule has 4 heterocycles. The Morgan fingerprint density at radius 3 is 2.77 bits per heavy atom. The van der Waals surface area contributed by atoms with Gasteiger partial charge in [-0.3, -0.25) is 4.90 Å². The third-order valence-corrected chi connectivity index (χ3v) is 7.79. The third kappa shape index (κ3) is 4.35. The lowest BCUT2D eigenvalue weighted by Gasteiger charge is -2.36. The molecule has 2 aromatic rings. The van der Waals surface area contributed by atoms with Gasteiger partial charge >= 0.3 is 0 Å². The SMILES string of the molecule is CC(C)NC1CCCN(c2nc(CN3CCOCC3)nc3sc4c(c23)CCCC4)C1. The Bertz CT molecular complexity index is 876. The van der Waals surface area contributed by atoms with Crippen LogP contribution in [0.25, 0.3) is 10.2 Å². The largest absolute Gasteiger partial charge is 0.379 e. The van der Waals surface area contributed by atoms with Crippen LogP contribution < -0.4 is 10.2 Å². The molecule has 0 saturated carbocycles. The number of aryl methyl sites for hydroxylation is 2. The molecule has 3 aliphatic rings. The lowest BCUT2D eigenvalue weighted by atomic mass is 9.96. The Morgan fingerprint density at radius 2 is 1.93 bits per heavy atom. The number of piperidine rings is 1. The Kier molecular flexibility index (Phi) is 6.23. The van der Waals surface area contributed by atoms with Gasteiger partial charge in [-0.2, -0.15) is 0 Å². The van der Waals surface area contributed by atoms with Gasteiger partial charge in [-0.05, 0) is 44.1 Å². The first kappa shape index (κ1) is 20.6. The molecule has 0 spiro atoms. The van der Waals surface area contributed by atoms with Crippen molar-refractivity contribution in [1.29, 1.82) is 0 Å². The van der Waals surface area contributed by atoms with Crippen molar-refractivity contribution in [2.45, 2.75) is 71.0 Å². The van der Waals surface area contributed by atoms with Gasteiger partial charge in [0, 0.05) is 43.1 Å². The van der Waals surface area contributed by atoms with Crippen LogP contribution in [0.15, 0.2) is 0 Å². The lowest BCUT2D eigenvalue weighted by Crippen LogP contribution is -2.48. The summed E-state index contributed by atoms with van der Waals surface area (Å²) >= 11 is 1.93. The number of anilines is 1. The van der Waals surface area contributed by atoms with Gasteiger partial charge in [0.05, 0.1) is 25.1 Å². The molecule has 1 N–H and O–H groups in total. The Hall–Kier alpha value is -1.28. The number of thiophene rings is 1. The lowest BCUT2D eigenvalue weighted by molar-refractivity contribution is 0.0331. The fourth-order valence-electron chi connectivity index (χ4n) is 5.22. The Morgan fingerprint density at radius 1 is 1.10 bits per heavy atom. The molecule has 0 amide bonds. The van der Waals surface area contributed by atoms with Crippen molar-refractivity contribution >= 4 is 27.4 Å². The number of morpholine rings is 1. The average molecular weight is 430 g/mol. The highest BCUT2D eigenvalue weighted by Crippen LogP contribution is 2.40. The van der Waals surface area contributed by atoms with Gasteiger partial charge in [0.25, 0.3) is 0 Å². The molecule has 1 aliphatic carbocycles. The van der Waals surface area contributed by atoms with Crippen LogP contribution in [0.1, 0.15) is 55.8 Å². The number of ether oxygens (including phenoxy) is 1. The number of hydrogen-bond acceptors (Lipinski definition) is 7. The van der Waals surface area contributed by atoms with E-state index in [1.54, 1.807) is 10.4 Å². The summed E-state index contributed by atoms with van der Waals surface area (Å²) in [6.45, 7) is 11.1. The third-order valence-electron chi connectivity index (χ3n) is 6.60. The van der Waals surface area contributed by atoms with E-state index in [0.717, 1.165) is 51.8 Å². The highest BCUT2D eigenvalue weighted by molar-refractivity contribution is 7.19. The predicted octanol–water partition coefficient (Wildman–Crippen LogP) is 3.37. The van der Waals surface area contributed by atoms with E-state index in [0.29, 0.717) is 12.1 Å². The Balaban J connectivity index is 1.51. The van der Waals surface area contributed by atoms with E-state index in [1.165, 1.54) is 54.6 Å². The number of hydrogen-bond donors (Lipinski definition) is 1. The van der Waals surface area contributed by atoms with Crippen LogP contribution in [0.4, 0.5) is 5.82 Å². The molecule has 2 fully saturated rings. The van der Waals surface area contributed by atoms with Gasteiger partial charge in [-0.1, -0.05) is 13.8 Å². The number of nitrogens with zero attached hydrogens (tertiary/aromatic N) is 4. The molecule has 6 nitrogen and oxygen atoms in total. The van der Waals surface area contributed by atoms with E-state index in [-0.39, 0.29) is 0 Å². The van der Waals surface area contributed by atoms with E-state index in [2.05, 4.69) is 29.0 Å². The van der Waals surface area contributed by atoms with Gasteiger partial charge in [-0.25, -0.2) is 9.97 Å². The molecule has 1 atom stereocenters. The molecule has 2 aromatic heterocycles. The summed E-state index contributed by atoms with van der Waals surface area (Å²) in [5.74, 6) is 2.19. The van der Waals surface area contributed by atoms with Gasteiger partial charge < -0.3 is 15.0 Å². The molecular weight excluding hydrogens is 394 g/mol. The molecule has 5 rings (SSSR count). The molecule has 2 saturated heterocycles. The maximum atomic E-state index is 5.53. The summed E-state index contributed by atoms with van der Waals surface area (Å²) in [4.78, 5) is 18.1. The summed E-state index contributed by atoms with van der Waals surface area (Å²) in [6.07, 6.45) is 7.49. The quantitative estimate of drug-likeness (QED) is 0.787. The zero-order chi connectivity index (χ0) is 20.5. The summed E-state index contributed by atoms with van der Waals surface area (Å²) < 4.78 is 5.53. The van der Waals surface area contributed by atoms with Crippen molar-refractivity contribution in [1.82, 2.24) is 20.2 Å². The van der Waals surface area contributed by atoms with E-state index < -0.39 is 0 Å². The monoisotopic (exact) mass is 429 g/mol. The standard InChI is InChI=1S/C23H35N5OS/c1-16(2)24-17-6-5-9-28(14-17)22-21-18-7-3-4-8-19(18)30-23(21)26-20(25-22)15-27-10-12-29-13-11-27/h16-17,24H,3-15H2,1-2H3. The van der Waals surface area contributed by atoms with Gasteiger partial charge in [0.15, 0.2) is 0 Å². The molecule has 1 unspecified atom stereocenters. The minimum atomic E-state index is 0.520. The maximum Gasteiger partial charge on any atom is 0.146 e. The van der Waals surface area contributed by atoms with Crippen LogP contribution in [0.2, 0.25) is 0 Å². The van der Waals surface area contributed by atoms with Crippen LogP contribution in [-0.4, -0.2) is 66.3 Å². The average Bonchev–Trinajstić information content (AvgIpc) is 3.12. The molecule has 7 heteroatoms. The normalized spacial score (nSPS) is 23.3. The first-order valence-corrected chi connectivity index (χ1v) is 12.6. The van der Waals surface area contributed by atoms with E-state index >= 15 is 0 Å². The predicted molar refractivity (Wildman–Crippen MR) is 124 cm³/mol. The molecule has 164 valence electrons. The highest BCUT2D eigenvalue weighted by atomic mass is 32.1. The zero-order valence-corrected chi connectivity index (χ0v) is 19.3. The molecule has 2 aliphatic heterocycles. The maximum absolute atomic E-state index is 5.53. The van der Waals surface area contributed by atoms with Crippen LogP contribution in [0, 0.1) is 0 Å². The van der Waals surface area contributed by atoms with Crippen molar-refractivity contribution in [3.05, 3.63) is 16.3 Å². The molecule has 0 radical (unpaired) electrons. The van der Waals surface area contributed by atoms with E-state index in [1.807, 2.05) is 11.3 Å². The fourth-order valence-corrected chi connectivity index (χ4v) is 6.49. The molecule has 0 aromatic carbocycles. The van der Waals surface area contributed by atoms with Crippen molar-refractivity contribution in [2.75, 3.05) is 44.3 Å². The van der Waals surface area contributed by atoms with Crippen molar-refractivity contribution in [3.63, 3.8) is 0 Å². The van der Waals surface area contributed by atoms with Crippen LogP contribution in [0.3, 0.4) is 0 Å². The summed E-state index contributed by atoms with van der Waals surface area (Å²) in [6, 6.07) is 1.06. The number of nitrogens with one attached hydrogen (secondary N) is 1. The second-order valence-electron chi connectivity index (χ2n) is 9.35. The summed E-state index contributed by atoms with van der Waals surface area (Å²) in [5.41, 5.74) is 1.55. The van der Waals surface area contributed by atoms with Crippen molar-refractivity contribution in [2.24, 2.45) is 0 Å². The summed E-state index contributed by atoms with van der Waals surface area (Å²) in [7, 11) is 0. The molecule has 30 heavy (non-hydrogen) atoms. The van der Waals surface area contributed by atoms with Crippen LogP contribution >= 0.6 is 11.3 Å². The Labute approximate surface area is 184 Å². The van der Waals surface area contributed by atoms with E-state index in [4.69, 9.17) is 14.7 Å². The highest BCUT2D eigenvalue weighted by Gasteiger charge is 2.28. The van der Waals surface area contributed by atoms with Crippen LogP contribution in [-0.2, 0) is 24.1 Å². The van der Waals surface area contributed by atoms with Crippen molar-refractivity contribution in [3.8, 4) is 0 Å². The minimum absolute atomic E-state index is 0.520. The van der Waals surface area contributed by atoms with Crippen molar-refractivity contribution < 1.29 is 4.74 Å². The number of aromatic nitrogens is 2.